The van der Waals surface area contributed by atoms with Crippen LogP contribution in [0.25, 0.3) is 0 Å². The summed E-state index contributed by atoms with van der Waals surface area (Å²) in [6.45, 7) is 2.15. The topological polar surface area (TPSA) is 24.9 Å². The van der Waals surface area contributed by atoms with E-state index in [4.69, 9.17) is 0 Å². The molecule has 14 heavy (non-hydrogen) atoms. The Morgan fingerprint density at radius 3 is 2.86 bits per heavy atom. The number of rotatable bonds is 5. The number of hydrogen-bond donors (Lipinski definition) is 1. The second-order valence-corrected chi connectivity index (χ2v) is 3.42. The molecule has 0 bridgehead atoms. The van der Waals surface area contributed by atoms with E-state index >= 15 is 0 Å². The van der Waals surface area contributed by atoms with Crippen molar-refractivity contribution in [2.24, 2.45) is 0 Å². The molecule has 1 unspecified atom stereocenters. The Hall–Kier alpha value is -0.960. The highest BCUT2D eigenvalue weighted by Crippen LogP contribution is 2.18. The third kappa shape index (κ3) is 3.07. The number of nitrogens with one attached hydrogen (secondary N) is 1. The van der Waals surface area contributed by atoms with Crippen molar-refractivity contribution < 1.29 is 4.39 Å². The molecule has 0 aliphatic heterocycles. The van der Waals surface area contributed by atoms with Crippen LogP contribution in [0, 0.1) is 5.82 Å². The molecule has 3 heteroatoms. The molecule has 1 N–H and O–H groups in total. The summed E-state index contributed by atoms with van der Waals surface area (Å²) < 4.78 is 12.9. The smallest absolute Gasteiger partial charge is 0.141 e. The second-order valence-electron chi connectivity index (χ2n) is 3.42. The van der Waals surface area contributed by atoms with Gasteiger partial charge in [0.05, 0.1) is 6.20 Å². The molecule has 1 rings (SSSR count). The van der Waals surface area contributed by atoms with Gasteiger partial charge in [-0.3, -0.25) is 4.98 Å². The molecule has 0 saturated carbocycles. The number of unbranched alkanes of at least 4 members (excludes halogenated alkanes) is 1. The van der Waals surface area contributed by atoms with Crippen molar-refractivity contribution >= 4 is 0 Å². The summed E-state index contributed by atoms with van der Waals surface area (Å²) in [4.78, 5) is 3.85. The molecule has 2 nitrogen and oxygen atoms in total. The maximum atomic E-state index is 12.9. The van der Waals surface area contributed by atoms with E-state index in [-0.39, 0.29) is 11.9 Å². The minimum atomic E-state index is -0.265. The van der Waals surface area contributed by atoms with Crippen molar-refractivity contribution in [2.75, 3.05) is 7.05 Å². The van der Waals surface area contributed by atoms with Crippen molar-refractivity contribution in [1.82, 2.24) is 10.3 Å². The molecule has 0 spiro atoms. The van der Waals surface area contributed by atoms with Gasteiger partial charge in [-0.25, -0.2) is 4.39 Å². The average molecular weight is 196 g/mol. The summed E-state index contributed by atoms with van der Waals surface area (Å²) in [5.41, 5.74) is 0.931. The Bertz CT molecular complexity index is 276. The van der Waals surface area contributed by atoms with Crippen molar-refractivity contribution in [3.63, 3.8) is 0 Å². The fourth-order valence-corrected chi connectivity index (χ4v) is 1.50. The van der Waals surface area contributed by atoms with Crippen LogP contribution in [0.2, 0.25) is 0 Å². The van der Waals surface area contributed by atoms with E-state index in [1.54, 1.807) is 12.3 Å². The minimum Gasteiger partial charge on any atom is -0.313 e. The molecule has 0 saturated heterocycles. The summed E-state index contributed by atoms with van der Waals surface area (Å²) in [6, 6.07) is 1.77. The number of hydrogen-bond acceptors (Lipinski definition) is 2. The zero-order valence-electron chi connectivity index (χ0n) is 8.76. The Kier molecular flexibility index (Phi) is 4.53. The van der Waals surface area contributed by atoms with Crippen LogP contribution in [0.3, 0.4) is 0 Å². The molecule has 0 aliphatic rings. The molecule has 0 fully saturated rings. The van der Waals surface area contributed by atoms with Crippen LogP contribution in [0.1, 0.15) is 37.8 Å². The van der Waals surface area contributed by atoms with Gasteiger partial charge in [-0.15, -0.1) is 0 Å². The lowest BCUT2D eigenvalue weighted by molar-refractivity contribution is 0.515. The first-order valence-corrected chi connectivity index (χ1v) is 5.05. The molecule has 78 valence electrons. The van der Waals surface area contributed by atoms with Gasteiger partial charge in [-0.1, -0.05) is 19.8 Å². The summed E-state index contributed by atoms with van der Waals surface area (Å²) in [5, 5.41) is 3.17. The van der Waals surface area contributed by atoms with Crippen LogP contribution in [-0.2, 0) is 0 Å². The lowest BCUT2D eigenvalue weighted by atomic mass is 10.0. The Morgan fingerprint density at radius 1 is 1.50 bits per heavy atom. The minimum absolute atomic E-state index is 0.221. The first-order valence-electron chi connectivity index (χ1n) is 5.05. The molecule has 0 aromatic carbocycles. The van der Waals surface area contributed by atoms with Crippen LogP contribution in [0.15, 0.2) is 18.5 Å². The van der Waals surface area contributed by atoms with Gasteiger partial charge in [0.15, 0.2) is 0 Å². The summed E-state index contributed by atoms with van der Waals surface area (Å²) >= 11 is 0. The van der Waals surface area contributed by atoms with Crippen LogP contribution >= 0.6 is 0 Å². The molecule has 1 aromatic rings. The van der Waals surface area contributed by atoms with Gasteiger partial charge >= 0.3 is 0 Å². The highest BCUT2D eigenvalue weighted by Gasteiger charge is 2.09. The van der Waals surface area contributed by atoms with Gasteiger partial charge < -0.3 is 5.32 Å². The summed E-state index contributed by atoms with van der Waals surface area (Å²) in [6.07, 6.45) is 6.27. The number of pyridine rings is 1. The highest BCUT2D eigenvalue weighted by atomic mass is 19.1. The zero-order valence-corrected chi connectivity index (χ0v) is 8.76. The highest BCUT2D eigenvalue weighted by molar-refractivity contribution is 5.14. The van der Waals surface area contributed by atoms with E-state index in [9.17, 15) is 4.39 Å². The molecule has 1 aromatic heterocycles. The van der Waals surface area contributed by atoms with Gasteiger partial charge in [0.25, 0.3) is 0 Å². The Balaban J connectivity index is 2.68. The normalized spacial score (nSPS) is 12.8. The summed E-state index contributed by atoms with van der Waals surface area (Å²) in [5.74, 6) is -0.265. The number of halogens is 1. The van der Waals surface area contributed by atoms with E-state index < -0.39 is 0 Å². The van der Waals surface area contributed by atoms with E-state index in [0.29, 0.717) is 0 Å². The quantitative estimate of drug-likeness (QED) is 0.783. The predicted molar refractivity (Wildman–Crippen MR) is 55.5 cm³/mol. The molecule has 0 amide bonds. The molecular weight excluding hydrogens is 179 g/mol. The van der Waals surface area contributed by atoms with Crippen LogP contribution in [0.5, 0.6) is 0 Å². The second kappa shape index (κ2) is 5.70. The molecule has 1 atom stereocenters. The van der Waals surface area contributed by atoms with Gasteiger partial charge in [0, 0.05) is 12.2 Å². The molecule has 1 heterocycles. The average Bonchev–Trinajstić information content (AvgIpc) is 2.19. The van der Waals surface area contributed by atoms with Crippen LogP contribution in [-0.4, -0.2) is 12.0 Å². The van der Waals surface area contributed by atoms with Crippen molar-refractivity contribution in [3.8, 4) is 0 Å². The van der Waals surface area contributed by atoms with Crippen LogP contribution < -0.4 is 5.32 Å². The van der Waals surface area contributed by atoms with Gasteiger partial charge in [-0.05, 0) is 25.1 Å². The van der Waals surface area contributed by atoms with E-state index in [0.717, 1.165) is 24.8 Å². The lowest BCUT2D eigenvalue weighted by Gasteiger charge is -2.15. The summed E-state index contributed by atoms with van der Waals surface area (Å²) in [7, 11) is 1.89. The third-order valence-electron chi connectivity index (χ3n) is 2.32. The van der Waals surface area contributed by atoms with E-state index in [2.05, 4.69) is 17.2 Å². The van der Waals surface area contributed by atoms with Gasteiger partial charge in [0.2, 0.25) is 0 Å². The zero-order chi connectivity index (χ0) is 10.4. The van der Waals surface area contributed by atoms with Crippen molar-refractivity contribution in [3.05, 3.63) is 29.8 Å². The van der Waals surface area contributed by atoms with Gasteiger partial charge in [0.1, 0.15) is 5.82 Å². The number of nitrogens with zero attached hydrogens (tertiary/aromatic N) is 1. The molecule has 0 radical (unpaired) electrons. The fraction of sp³-hybridized carbons (Fsp3) is 0.545. The number of aromatic nitrogens is 1. The Labute approximate surface area is 84.6 Å². The van der Waals surface area contributed by atoms with E-state index in [1.165, 1.54) is 6.20 Å². The Morgan fingerprint density at radius 2 is 2.29 bits per heavy atom. The van der Waals surface area contributed by atoms with Gasteiger partial charge in [-0.2, -0.15) is 0 Å². The molecular formula is C11H17FN2. The predicted octanol–water partition coefficient (Wildman–Crippen LogP) is 2.67. The maximum absolute atomic E-state index is 12.9. The maximum Gasteiger partial charge on any atom is 0.141 e. The molecule has 0 aliphatic carbocycles. The first-order chi connectivity index (χ1) is 6.77. The largest absolute Gasteiger partial charge is 0.313 e. The fourth-order valence-electron chi connectivity index (χ4n) is 1.50. The monoisotopic (exact) mass is 196 g/mol. The van der Waals surface area contributed by atoms with E-state index in [1.807, 2.05) is 7.05 Å². The van der Waals surface area contributed by atoms with Crippen molar-refractivity contribution in [1.29, 1.82) is 0 Å². The third-order valence-corrected chi connectivity index (χ3v) is 2.32. The standard InChI is InChI=1S/C11H17FN2/c1-3-4-5-11(13-2)9-6-10(12)8-14-7-9/h6-8,11,13H,3-5H2,1-2H3. The van der Waals surface area contributed by atoms with Crippen molar-refractivity contribution in [2.45, 2.75) is 32.2 Å². The van der Waals surface area contributed by atoms with Crippen LogP contribution in [0.4, 0.5) is 4.39 Å². The first kappa shape index (κ1) is 11.1. The SMILES string of the molecule is CCCCC(NC)c1cncc(F)c1. The lowest BCUT2D eigenvalue weighted by Crippen LogP contribution is -2.16.